The molecule has 0 bridgehead atoms. The Morgan fingerprint density at radius 3 is 2.63 bits per heavy atom. The number of primary amides is 1. The summed E-state index contributed by atoms with van der Waals surface area (Å²) in [6, 6.07) is 16.4. The predicted octanol–water partition coefficient (Wildman–Crippen LogP) is 3.97. The van der Waals surface area contributed by atoms with Crippen LogP contribution in [-0.2, 0) is 12.8 Å². The SMILES string of the molecule is NC(=O)c1c(NC(=O)c2cc3ccccc3oc2=O)sc2c1CCc1ccccc1-2. The number of nitrogens with two attached hydrogens (primary N) is 1. The molecular weight excluding hydrogens is 400 g/mol. The van der Waals surface area contributed by atoms with Gasteiger partial charge in [-0.3, -0.25) is 9.59 Å². The minimum absolute atomic E-state index is 0.129. The molecule has 148 valence electrons. The smallest absolute Gasteiger partial charge is 0.349 e. The van der Waals surface area contributed by atoms with Crippen LogP contribution in [0.2, 0.25) is 0 Å². The number of benzene rings is 2. The van der Waals surface area contributed by atoms with Gasteiger partial charge in [0.25, 0.3) is 11.8 Å². The van der Waals surface area contributed by atoms with E-state index in [0.29, 0.717) is 28.0 Å². The average Bonchev–Trinajstić information content (AvgIpc) is 3.11. The Morgan fingerprint density at radius 1 is 1.03 bits per heavy atom. The standard InChI is InChI=1S/C23H16N2O4S/c24-20(26)18-15-10-9-12-5-1-3-7-14(12)19(15)30-22(18)25-21(27)16-11-13-6-2-4-8-17(13)29-23(16)28/h1-8,11H,9-10H2,(H2,24,26)(H,25,27). The first-order valence-electron chi connectivity index (χ1n) is 9.41. The molecule has 0 spiro atoms. The van der Waals surface area contributed by atoms with Gasteiger partial charge in [-0.1, -0.05) is 42.5 Å². The van der Waals surface area contributed by atoms with Crippen LogP contribution in [-0.4, -0.2) is 11.8 Å². The van der Waals surface area contributed by atoms with Crippen molar-refractivity contribution in [1.82, 2.24) is 0 Å². The summed E-state index contributed by atoms with van der Waals surface area (Å²) in [5.74, 6) is -1.24. The highest BCUT2D eigenvalue weighted by molar-refractivity contribution is 7.20. The third kappa shape index (κ3) is 2.91. The molecule has 6 nitrogen and oxygen atoms in total. The van der Waals surface area contributed by atoms with Crippen molar-refractivity contribution in [3.05, 3.63) is 87.3 Å². The van der Waals surface area contributed by atoms with Crippen LogP contribution in [0.25, 0.3) is 21.4 Å². The summed E-state index contributed by atoms with van der Waals surface area (Å²) in [6.07, 6.45) is 1.46. The highest BCUT2D eigenvalue weighted by atomic mass is 32.1. The van der Waals surface area contributed by atoms with Crippen LogP contribution in [0.15, 0.2) is 63.8 Å². The predicted molar refractivity (Wildman–Crippen MR) is 116 cm³/mol. The Bertz CT molecular complexity index is 1400. The van der Waals surface area contributed by atoms with Gasteiger partial charge in [-0.05, 0) is 41.7 Å². The molecule has 1 aliphatic carbocycles. The average molecular weight is 416 g/mol. The van der Waals surface area contributed by atoms with Gasteiger partial charge < -0.3 is 15.5 Å². The number of rotatable bonds is 3. The van der Waals surface area contributed by atoms with Crippen LogP contribution < -0.4 is 16.7 Å². The van der Waals surface area contributed by atoms with Crippen LogP contribution in [0.1, 0.15) is 31.8 Å². The lowest BCUT2D eigenvalue weighted by Crippen LogP contribution is -2.22. The number of para-hydroxylation sites is 1. The van der Waals surface area contributed by atoms with E-state index in [4.69, 9.17) is 10.2 Å². The van der Waals surface area contributed by atoms with Crippen molar-refractivity contribution in [2.45, 2.75) is 12.8 Å². The maximum atomic E-state index is 12.9. The van der Waals surface area contributed by atoms with Crippen molar-refractivity contribution in [3.8, 4) is 10.4 Å². The van der Waals surface area contributed by atoms with Crippen molar-refractivity contribution in [3.63, 3.8) is 0 Å². The zero-order chi connectivity index (χ0) is 20.8. The summed E-state index contributed by atoms with van der Waals surface area (Å²) in [6.45, 7) is 0. The highest BCUT2D eigenvalue weighted by Crippen LogP contribution is 2.45. The lowest BCUT2D eigenvalue weighted by atomic mass is 9.89. The monoisotopic (exact) mass is 416 g/mol. The second kappa shape index (κ2) is 6.96. The molecule has 0 atom stereocenters. The molecular formula is C23H16N2O4S. The minimum Gasteiger partial charge on any atom is -0.422 e. The van der Waals surface area contributed by atoms with Gasteiger partial charge in [0.05, 0.1) is 5.56 Å². The summed E-state index contributed by atoms with van der Waals surface area (Å²) < 4.78 is 5.25. The maximum absolute atomic E-state index is 12.9. The lowest BCUT2D eigenvalue weighted by molar-refractivity contribution is 0.100. The first-order valence-corrected chi connectivity index (χ1v) is 10.2. The molecule has 5 rings (SSSR count). The number of carbonyl (C=O) groups excluding carboxylic acids is 2. The zero-order valence-electron chi connectivity index (χ0n) is 15.7. The number of hydrogen-bond donors (Lipinski definition) is 2. The Morgan fingerprint density at radius 2 is 1.80 bits per heavy atom. The van der Waals surface area contributed by atoms with Crippen LogP contribution in [0.5, 0.6) is 0 Å². The molecule has 4 aromatic rings. The number of hydrogen-bond acceptors (Lipinski definition) is 5. The van der Waals surface area contributed by atoms with E-state index in [1.165, 1.54) is 23.0 Å². The Hall–Kier alpha value is -3.71. The van der Waals surface area contributed by atoms with Crippen LogP contribution in [0.3, 0.4) is 0 Å². The number of fused-ring (bicyclic) bond motifs is 4. The number of anilines is 1. The van der Waals surface area contributed by atoms with Gasteiger partial charge in [-0.2, -0.15) is 0 Å². The largest absolute Gasteiger partial charge is 0.422 e. The van der Waals surface area contributed by atoms with Gasteiger partial charge in [-0.25, -0.2) is 4.79 Å². The Labute approximate surface area is 175 Å². The van der Waals surface area contributed by atoms with Crippen molar-refractivity contribution >= 4 is 39.1 Å². The van der Waals surface area contributed by atoms with Crippen molar-refractivity contribution in [2.24, 2.45) is 5.73 Å². The number of carbonyl (C=O) groups is 2. The molecule has 30 heavy (non-hydrogen) atoms. The third-order valence-corrected chi connectivity index (χ3v) is 6.45. The topological polar surface area (TPSA) is 102 Å². The van der Waals surface area contributed by atoms with Gasteiger partial charge in [0.2, 0.25) is 0 Å². The summed E-state index contributed by atoms with van der Waals surface area (Å²) in [5.41, 5.74) is 8.57. The number of nitrogens with one attached hydrogen (secondary N) is 1. The van der Waals surface area contributed by atoms with Gasteiger partial charge in [0.1, 0.15) is 16.1 Å². The fraction of sp³-hybridized carbons (Fsp3) is 0.0870. The highest BCUT2D eigenvalue weighted by Gasteiger charge is 2.28. The number of thiophene rings is 1. The molecule has 0 fully saturated rings. The Kier molecular flexibility index (Phi) is 4.25. The molecule has 2 heterocycles. The summed E-state index contributed by atoms with van der Waals surface area (Å²) in [4.78, 5) is 38.4. The van der Waals surface area contributed by atoms with E-state index in [9.17, 15) is 14.4 Å². The van der Waals surface area contributed by atoms with Crippen LogP contribution in [0, 0.1) is 0 Å². The van der Waals surface area contributed by atoms with Crippen LogP contribution in [0.4, 0.5) is 5.00 Å². The summed E-state index contributed by atoms with van der Waals surface area (Å²) >= 11 is 1.30. The van der Waals surface area contributed by atoms with E-state index in [-0.39, 0.29) is 5.56 Å². The lowest BCUT2D eigenvalue weighted by Gasteiger charge is -2.16. The van der Waals surface area contributed by atoms with E-state index in [0.717, 1.165) is 22.4 Å². The molecule has 0 saturated carbocycles. The second-order valence-corrected chi connectivity index (χ2v) is 8.10. The normalized spacial score (nSPS) is 12.3. The van der Waals surface area contributed by atoms with E-state index < -0.39 is 17.4 Å². The third-order valence-electron chi connectivity index (χ3n) is 5.27. The first kappa shape index (κ1) is 18.3. The molecule has 1 aliphatic rings. The molecule has 7 heteroatoms. The van der Waals surface area contributed by atoms with E-state index >= 15 is 0 Å². The molecule has 3 N–H and O–H groups in total. The molecule has 2 amide bonds. The fourth-order valence-corrected chi connectivity index (χ4v) is 5.19. The Balaban J connectivity index is 1.58. The summed E-state index contributed by atoms with van der Waals surface area (Å²) in [7, 11) is 0. The van der Waals surface area contributed by atoms with Gasteiger partial charge in [0.15, 0.2) is 0 Å². The van der Waals surface area contributed by atoms with Gasteiger partial charge in [0, 0.05) is 10.3 Å². The molecule has 2 aromatic carbocycles. The van der Waals surface area contributed by atoms with Gasteiger partial charge in [-0.15, -0.1) is 11.3 Å². The molecule has 0 unspecified atom stereocenters. The van der Waals surface area contributed by atoms with Crippen molar-refractivity contribution in [1.29, 1.82) is 0 Å². The first-order chi connectivity index (χ1) is 14.5. The molecule has 2 aromatic heterocycles. The quantitative estimate of drug-likeness (QED) is 0.493. The van der Waals surface area contributed by atoms with Gasteiger partial charge >= 0.3 is 5.63 Å². The molecule has 0 radical (unpaired) electrons. The fourth-order valence-electron chi connectivity index (χ4n) is 3.88. The molecule has 0 saturated heterocycles. The van der Waals surface area contributed by atoms with Crippen LogP contribution >= 0.6 is 11.3 Å². The number of amides is 2. The van der Waals surface area contributed by atoms with Crippen molar-refractivity contribution < 1.29 is 14.0 Å². The maximum Gasteiger partial charge on any atom is 0.349 e. The zero-order valence-corrected chi connectivity index (χ0v) is 16.5. The number of aryl methyl sites for hydroxylation is 1. The minimum atomic E-state index is -0.738. The second-order valence-electron chi connectivity index (χ2n) is 7.07. The van der Waals surface area contributed by atoms with E-state index in [1.807, 2.05) is 18.2 Å². The molecule has 0 aliphatic heterocycles. The summed E-state index contributed by atoms with van der Waals surface area (Å²) in [5, 5.41) is 3.71. The van der Waals surface area contributed by atoms with E-state index in [2.05, 4.69) is 11.4 Å². The van der Waals surface area contributed by atoms with E-state index in [1.54, 1.807) is 24.3 Å². The van der Waals surface area contributed by atoms with Crippen molar-refractivity contribution in [2.75, 3.05) is 5.32 Å².